The van der Waals surface area contributed by atoms with Gasteiger partial charge in [-0.25, -0.2) is 0 Å². The number of carbonyl (C=O) groups excluding carboxylic acids is 1. The van der Waals surface area contributed by atoms with Gasteiger partial charge in [0.15, 0.2) is 0 Å². The summed E-state index contributed by atoms with van der Waals surface area (Å²) in [7, 11) is 0. The van der Waals surface area contributed by atoms with Gasteiger partial charge in [-0.15, -0.1) is 22.7 Å². The van der Waals surface area contributed by atoms with Crippen LogP contribution in [0.15, 0.2) is 35.0 Å². The number of carbonyl (C=O) groups is 1. The molecule has 0 saturated carbocycles. The predicted octanol–water partition coefficient (Wildman–Crippen LogP) is 3.26. The molecule has 1 atom stereocenters. The molecule has 1 aliphatic heterocycles. The van der Waals surface area contributed by atoms with Gasteiger partial charge in [-0.05, 0) is 54.7 Å². The number of thiophene rings is 2. The van der Waals surface area contributed by atoms with Crippen LogP contribution in [0.1, 0.15) is 35.1 Å². The van der Waals surface area contributed by atoms with E-state index in [-0.39, 0.29) is 12.0 Å². The zero-order valence-corrected chi connectivity index (χ0v) is 15.3. The second-order valence-corrected chi connectivity index (χ2v) is 8.26. The number of aliphatic hydroxyl groups is 1. The van der Waals surface area contributed by atoms with E-state index in [0.29, 0.717) is 18.9 Å². The van der Waals surface area contributed by atoms with Crippen molar-refractivity contribution in [3.8, 4) is 0 Å². The molecule has 1 fully saturated rings. The van der Waals surface area contributed by atoms with E-state index in [0.717, 1.165) is 37.4 Å². The zero-order chi connectivity index (χ0) is 16.8. The van der Waals surface area contributed by atoms with Crippen molar-refractivity contribution in [1.82, 2.24) is 10.2 Å². The molecule has 0 aromatic carbocycles. The summed E-state index contributed by atoms with van der Waals surface area (Å²) in [5.41, 5.74) is 0. The van der Waals surface area contributed by atoms with Crippen molar-refractivity contribution in [2.75, 3.05) is 19.6 Å². The molecular formula is C18H24N2O2S2. The molecule has 0 spiro atoms. The molecule has 24 heavy (non-hydrogen) atoms. The smallest absolute Gasteiger partial charge is 0.221 e. The third kappa shape index (κ3) is 4.89. The van der Waals surface area contributed by atoms with Gasteiger partial charge in [0, 0.05) is 22.7 Å². The van der Waals surface area contributed by atoms with Gasteiger partial charge in [0.05, 0.1) is 12.6 Å². The van der Waals surface area contributed by atoms with Crippen molar-refractivity contribution in [2.24, 2.45) is 5.92 Å². The molecule has 130 valence electrons. The van der Waals surface area contributed by atoms with Crippen LogP contribution in [0.4, 0.5) is 0 Å². The third-order valence-corrected chi connectivity index (χ3v) is 6.43. The maximum absolute atomic E-state index is 11.9. The fourth-order valence-electron chi connectivity index (χ4n) is 3.13. The van der Waals surface area contributed by atoms with Gasteiger partial charge in [-0.1, -0.05) is 12.1 Å². The first-order chi connectivity index (χ1) is 11.7. The largest absolute Gasteiger partial charge is 0.387 e. The van der Waals surface area contributed by atoms with E-state index in [1.165, 1.54) is 4.88 Å². The van der Waals surface area contributed by atoms with Crippen molar-refractivity contribution < 1.29 is 9.90 Å². The van der Waals surface area contributed by atoms with E-state index < -0.39 is 0 Å². The SMILES string of the molecule is O=C(CCN1CCC([C@@H](O)c2cccs2)CC1)NCc1cccs1. The summed E-state index contributed by atoms with van der Waals surface area (Å²) in [5, 5.41) is 17.4. The lowest BCUT2D eigenvalue weighted by atomic mass is 9.90. The number of nitrogens with one attached hydrogen (secondary N) is 1. The summed E-state index contributed by atoms with van der Waals surface area (Å²) < 4.78 is 0. The number of hydrogen-bond donors (Lipinski definition) is 2. The molecule has 0 unspecified atom stereocenters. The molecule has 1 saturated heterocycles. The first-order valence-electron chi connectivity index (χ1n) is 8.45. The Bertz CT molecular complexity index is 605. The lowest BCUT2D eigenvalue weighted by Gasteiger charge is -2.33. The second-order valence-electron chi connectivity index (χ2n) is 6.25. The number of likely N-dealkylation sites (tertiary alicyclic amines) is 1. The van der Waals surface area contributed by atoms with Crippen LogP contribution in [-0.2, 0) is 11.3 Å². The molecule has 2 N–H and O–H groups in total. The summed E-state index contributed by atoms with van der Waals surface area (Å²) in [4.78, 5) is 16.5. The van der Waals surface area contributed by atoms with Gasteiger partial charge in [-0.2, -0.15) is 0 Å². The van der Waals surface area contributed by atoms with E-state index in [2.05, 4.69) is 10.2 Å². The highest BCUT2D eigenvalue weighted by Crippen LogP contribution is 2.32. The highest BCUT2D eigenvalue weighted by Gasteiger charge is 2.26. The van der Waals surface area contributed by atoms with E-state index in [9.17, 15) is 9.90 Å². The van der Waals surface area contributed by atoms with Gasteiger partial charge >= 0.3 is 0 Å². The molecule has 2 aromatic rings. The average Bonchev–Trinajstić information content (AvgIpc) is 3.31. The molecule has 2 aromatic heterocycles. The minimum absolute atomic E-state index is 0.115. The van der Waals surface area contributed by atoms with Crippen LogP contribution in [0.5, 0.6) is 0 Å². The summed E-state index contributed by atoms with van der Waals surface area (Å²) in [6, 6.07) is 8.04. The Balaban J connectivity index is 1.34. The highest BCUT2D eigenvalue weighted by molar-refractivity contribution is 7.10. The van der Waals surface area contributed by atoms with Crippen LogP contribution < -0.4 is 5.32 Å². The maximum atomic E-state index is 11.9. The van der Waals surface area contributed by atoms with Crippen LogP contribution in [-0.4, -0.2) is 35.5 Å². The minimum Gasteiger partial charge on any atom is -0.387 e. The van der Waals surface area contributed by atoms with Crippen molar-refractivity contribution in [3.05, 3.63) is 44.8 Å². The Morgan fingerprint density at radius 2 is 2.00 bits per heavy atom. The van der Waals surface area contributed by atoms with E-state index in [1.54, 1.807) is 22.7 Å². The van der Waals surface area contributed by atoms with Crippen LogP contribution in [0.25, 0.3) is 0 Å². The summed E-state index contributed by atoms with van der Waals surface area (Å²) in [5.74, 6) is 0.455. The summed E-state index contributed by atoms with van der Waals surface area (Å²) in [6.45, 7) is 3.36. The summed E-state index contributed by atoms with van der Waals surface area (Å²) >= 11 is 3.29. The molecule has 4 nitrogen and oxygen atoms in total. The molecule has 0 radical (unpaired) electrons. The van der Waals surface area contributed by atoms with Gasteiger partial charge < -0.3 is 15.3 Å². The molecule has 1 aliphatic rings. The predicted molar refractivity (Wildman–Crippen MR) is 99.2 cm³/mol. The van der Waals surface area contributed by atoms with Crippen LogP contribution in [0.2, 0.25) is 0 Å². The van der Waals surface area contributed by atoms with Crippen molar-refractivity contribution in [2.45, 2.75) is 31.9 Å². The normalized spacial score (nSPS) is 17.7. The molecular weight excluding hydrogens is 340 g/mol. The fourth-order valence-corrected chi connectivity index (χ4v) is 4.58. The third-order valence-electron chi connectivity index (χ3n) is 4.61. The molecule has 6 heteroatoms. The number of amides is 1. The second kappa shape index (κ2) is 8.76. The zero-order valence-electron chi connectivity index (χ0n) is 13.7. The first-order valence-corrected chi connectivity index (χ1v) is 10.2. The quantitative estimate of drug-likeness (QED) is 0.793. The van der Waals surface area contributed by atoms with E-state index in [1.807, 2.05) is 35.0 Å². The number of hydrogen-bond acceptors (Lipinski definition) is 5. The summed E-state index contributed by atoms with van der Waals surface area (Å²) in [6.07, 6.45) is 2.20. The minimum atomic E-state index is -0.332. The van der Waals surface area contributed by atoms with Crippen LogP contribution in [0.3, 0.4) is 0 Å². The Morgan fingerprint density at radius 1 is 1.25 bits per heavy atom. The highest BCUT2D eigenvalue weighted by atomic mass is 32.1. The lowest BCUT2D eigenvalue weighted by molar-refractivity contribution is -0.121. The Kier molecular flexibility index (Phi) is 6.43. The standard InChI is InChI=1S/C18H24N2O2S2/c21-17(19-13-15-3-1-11-23-15)7-10-20-8-5-14(6-9-20)18(22)16-4-2-12-24-16/h1-4,11-12,14,18,22H,5-10,13H2,(H,19,21)/t18-/m1/s1. The monoisotopic (exact) mass is 364 g/mol. The van der Waals surface area contributed by atoms with Crippen molar-refractivity contribution >= 4 is 28.6 Å². The Hall–Kier alpha value is -1.21. The number of rotatable bonds is 7. The number of aliphatic hydroxyl groups excluding tert-OH is 1. The van der Waals surface area contributed by atoms with Gasteiger partial charge in [-0.3, -0.25) is 4.79 Å². The van der Waals surface area contributed by atoms with Gasteiger partial charge in [0.25, 0.3) is 0 Å². The van der Waals surface area contributed by atoms with Gasteiger partial charge in [0.1, 0.15) is 0 Å². The van der Waals surface area contributed by atoms with Crippen molar-refractivity contribution in [1.29, 1.82) is 0 Å². The average molecular weight is 365 g/mol. The first kappa shape index (κ1) is 17.6. The van der Waals surface area contributed by atoms with E-state index >= 15 is 0 Å². The van der Waals surface area contributed by atoms with Crippen molar-refractivity contribution in [3.63, 3.8) is 0 Å². The Morgan fingerprint density at radius 3 is 2.67 bits per heavy atom. The molecule has 0 bridgehead atoms. The number of piperidine rings is 1. The molecule has 0 aliphatic carbocycles. The van der Waals surface area contributed by atoms with Gasteiger partial charge in [0.2, 0.25) is 5.91 Å². The van der Waals surface area contributed by atoms with E-state index in [4.69, 9.17) is 0 Å². The number of nitrogens with zero attached hydrogens (tertiary/aromatic N) is 1. The Labute approximate surface area is 151 Å². The molecule has 3 heterocycles. The molecule has 1 amide bonds. The molecule has 3 rings (SSSR count). The lowest BCUT2D eigenvalue weighted by Crippen LogP contribution is -2.38. The van der Waals surface area contributed by atoms with Crippen LogP contribution >= 0.6 is 22.7 Å². The van der Waals surface area contributed by atoms with Crippen LogP contribution in [0, 0.1) is 5.92 Å². The topological polar surface area (TPSA) is 52.6 Å². The maximum Gasteiger partial charge on any atom is 0.221 e. The fraction of sp³-hybridized carbons (Fsp3) is 0.500.